The van der Waals surface area contributed by atoms with Crippen LogP contribution in [-0.2, 0) is 10.4 Å². The molecule has 0 bridgehead atoms. The molecule has 0 aliphatic heterocycles. The number of hydrogen-bond donors (Lipinski definition) is 2. The zero-order valence-electron chi connectivity index (χ0n) is 6.56. The molecule has 0 aromatic rings. The van der Waals surface area contributed by atoms with Crippen LogP contribution < -0.4 is 0 Å². The Hall–Kier alpha value is 0.350. The second kappa shape index (κ2) is 10.3. The van der Waals surface area contributed by atoms with Crippen LogP contribution in [0.3, 0.4) is 0 Å². The largest absolute Gasteiger partial charge is 0.394 e. The molecule has 6 heteroatoms. The van der Waals surface area contributed by atoms with Crippen molar-refractivity contribution >= 4 is 40.0 Å². The van der Waals surface area contributed by atoms with Crippen LogP contribution in [-0.4, -0.2) is 47.1 Å². The first-order chi connectivity index (χ1) is 4.41. The Kier molecular flexibility index (Phi) is 16.4. The fourth-order valence-electron chi connectivity index (χ4n) is 0.136. The van der Waals surface area contributed by atoms with Crippen molar-refractivity contribution in [1.29, 1.82) is 0 Å². The van der Waals surface area contributed by atoms with Crippen LogP contribution in [0.5, 0.6) is 0 Å². The molecule has 0 aromatic carbocycles. The third-order valence-electron chi connectivity index (χ3n) is 0.329. The van der Waals surface area contributed by atoms with Gasteiger partial charge in [-0.25, -0.2) is 0 Å². The minimum atomic E-state index is -4.67. The Morgan fingerprint density at radius 3 is 1.64 bits per heavy atom. The van der Waals surface area contributed by atoms with Crippen LogP contribution in [0.15, 0.2) is 24.8 Å². The van der Waals surface area contributed by atoms with Gasteiger partial charge in [0.1, 0.15) is 0 Å². The summed E-state index contributed by atoms with van der Waals surface area (Å²) in [6.45, 7) is 5.42. The van der Waals surface area contributed by atoms with Gasteiger partial charge in [0.25, 0.3) is 0 Å². The average molecular weight is 189 g/mol. The Balaban J connectivity index is -0.000000107. The van der Waals surface area contributed by atoms with E-state index in [1.165, 1.54) is 0 Å². The molecule has 0 spiro atoms. The Labute approximate surface area is 88.9 Å². The molecular formula is C5H10NaO4S. The SMILES string of the molecule is C=CC=CC.O=S(=O)(O)O.[Na]. The molecule has 0 saturated carbocycles. The van der Waals surface area contributed by atoms with Crippen molar-refractivity contribution < 1.29 is 17.5 Å². The van der Waals surface area contributed by atoms with E-state index in [0.29, 0.717) is 0 Å². The second-order valence-corrected chi connectivity index (χ2v) is 2.10. The topological polar surface area (TPSA) is 74.6 Å². The van der Waals surface area contributed by atoms with Crippen molar-refractivity contribution in [2.24, 2.45) is 0 Å². The van der Waals surface area contributed by atoms with E-state index in [1.807, 2.05) is 19.1 Å². The fourth-order valence-corrected chi connectivity index (χ4v) is 0.136. The second-order valence-electron chi connectivity index (χ2n) is 1.21. The summed E-state index contributed by atoms with van der Waals surface area (Å²) in [4.78, 5) is 0. The van der Waals surface area contributed by atoms with Crippen LogP contribution in [0, 0.1) is 0 Å². The summed E-state index contributed by atoms with van der Waals surface area (Å²) >= 11 is 0. The molecule has 2 N–H and O–H groups in total. The summed E-state index contributed by atoms with van der Waals surface area (Å²) in [5.41, 5.74) is 0. The summed E-state index contributed by atoms with van der Waals surface area (Å²) in [5, 5.41) is 0. The van der Waals surface area contributed by atoms with E-state index < -0.39 is 10.4 Å². The van der Waals surface area contributed by atoms with Crippen molar-refractivity contribution in [2.45, 2.75) is 6.92 Å². The first-order valence-corrected chi connectivity index (χ1v) is 3.75. The Bertz CT molecular complexity index is 187. The van der Waals surface area contributed by atoms with Gasteiger partial charge < -0.3 is 0 Å². The van der Waals surface area contributed by atoms with Crippen molar-refractivity contribution in [3.05, 3.63) is 24.8 Å². The van der Waals surface area contributed by atoms with E-state index >= 15 is 0 Å². The molecule has 0 saturated heterocycles. The molecule has 0 heterocycles. The van der Waals surface area contributed by atoms with E-state index in [1.54, 1.807) is 6.08 Å². The number of allylic oxidation sites excluding steroid dienone is 3. The van der Waals surface area contributed by atoms with Gasteiger partial charge in [-0.3, -0.25) is 9.11 Å². The molecule has 4 nitrogen and oxygen atoms in total. The van der Waals surface area contributed by atoms with Crippen molar-refractivity contribution in [1.82, 2.24) is 0 Å². The molecule has 61 valence electrons. The number of hydrogen-bond acceptors (Lipinski definition) is 2. The van der Waals surface area contributed by atoms with E-state index in [0.717, 1.165) is 0 Å². The number of rotatable bonds is 1. The molecular weight excluding hydrogens is 179 g/mol. The monoisotopic (exact) mass is 189 g/mol. The van der Waals surface area contributed by atoms with Gasteiger partial charge in [-0.2, -0.15) is 8.42 Å². The molecule has 11 heavy (non-hydrogen) atoms. The Morgan fingerprint density at radius 1 is 1.36 bits per heavy atom. The summed E-state index contributed by atoms with van der Waals surface area (Å²) in [6.07, 6.45) is 5.58. The molecule has 0 rings (SSSR count). The molecule has 0 aromatic heterocycles. The first kappa shape index (κ1) is 17.4. The van der Waals surface area contributed by atoms with E-state index in [4.69, 9.17) is 17.5 Å². The maximum atomic E-state index is 8.74. The van der Waals surface area contributed by atoms with Gasteiger partial charge in [0.2, 0.25) is 0 Å². The van der Waals surface area contributed by atoms with Crippen LogP contribution >= 0.6 is 0 Å². The van der Waals surface area contributed by atoms with Crippen molar-refractivity contribution in [2.75, 3.05) is 0 Å². The molecule has 0 aliphatic carbocycles. The standard InChI is InChI=1S/C5H8.Na.H2O4S/c1-3-5-4-2;;1-5(2,3)4/h3-5H,1H2,2H3;;(H2,1,2,3,4). The maximum absolute atomic E-state index is 8.74. The van der Waals surface area contributed by atoms with Crippen molar-refractivity contribution in [3.63, 3.8) is 0 Å². The summed E-state index contributed by atoms with van der Waals surface area (Å²) in [6, 6.07) is 0. The van der Waals surface area contributed by atoms with Gasteiger partial charge in [0.15, 0.2) is 0 Å². The molecule has 0 aliphatic rings. The van der Waals surface area contributed by atoms with E-state index in [2.05, 4.69) is 6.58 Å². The third-order valence-corrected chi connectivity index (χ3v) is 0.329. The van der Waals surface area contributed by atoms with Crippen LogP contribution in [0.2, 0.25) is 0 Å². The minimum absolute atomic E-state index is 0. The van der Waals surface area contributed by atoms with Gasteiger partial charge in [0, 0.05) is 29.6 Å². The minimum Gasteiger partial charge on any atom is -0.264 e. The predicted octanol–water partition coefficient (Wildman–Crippen LogP) is 0.715. The Morgan fingerprint density at radius 2 is 1.64 bits per heavy atom. The predicted molar refractivity (Wildman–Crippen MR) is 44.9 cm³/mol. The van der Waals surface area contributed by atoms with Gasteiger partial charge in [-0.1, -0.05) is 24.8 Å². The summed E-state index contributed by atoms with van der Waals surface area (Å²) < 4.78 is 31.6. The van der Waals surface area contributed by atoms with Gasteiger partial charge in [-0.15, -0.1) is 0 Å². The van der Waals surface area contributed by atoms with Gasteiger partial charge >= 0.3 is 10.4 Å². The van der Waals surface area contributed by atoms with Crippen LogP contribution in [0.4, 0.5) is 0 Å². The normalized spacial score (nSPS) is 9.36. The average Bonchev–Trinajstić information content (AvgIpc) is 1.63. The molecule has 0 unspecified atom stereocenters. The van der Waals surface area contributed by atoms with Crippen molar-refractivity contribution in [3.8, 4) is 0 Å². The van der Waals surface area contributed by atoms with Crippen LogP contribution in [0.25, 0.3) is 0 Å². The van der Waals surface area contributed by atoms with Gasteiger partial charge in [0.05, 0.1) is 0 Å². The quantitative estimate of drug-likeness (QED) is 0.362. The maximum Gasteiger partial charge on any atom is 0.394 e. The summed E-state index contributed by atoms with van der Waals surface area (Å²) in [5.74, 6) is 0. The first-order valence-electron chi connectivity index (χ1n) is 2.35. The summed E-state index contributed by atoms with van der Waals surface area (Å²) in [7, 11) is -4.67. The van der Waals surface area contributed by atoms with Crippen LogP contribution in [0.1, 0.15) is 6.92 Å². The smallest absolute Gasteiger partial charge is 0.264 e. The molecule has 0 atom stereocenters. The zero-order chi connectivity index (χ0) is 8.62. The molecule has 1 radical (unpaired) electrons. The molecule has 0 amide bonds. The molecule has 0 fully saturated rings. The zero-order valence-corrected chi connectivity index (χ0v) is 9.37. The van der Waals surface area contributed by atoms with Gasteiger partial charge in [-0.05, 0) is 6.92 Å². The van der Waals surface area contributed by atoms with E-state index in [-0.39, 0.29) is 29.6 Å². The fraction of sp³-hybridized carbons (Fsp3) is 0.200. The third kappa shape index (κ3) is 131. The van der Waals surface area contributed by atoms with E-state index in [9.17, 15) is 0 Å².